The van der Waals surface area contributed by atoms with Crippen molar-refractivity contribution in [3.05, 3.63) is 47.6 Å². The summed E-state index contributed by atoms with van der Waals surface area (Å²) < 4.78 is 0. The van der Waals surface area contributed by atoms with Gasteiger partial charge in [0.1, 0.15) is 0 Å². The molecule has 6 fully saturated rings. The van der Waals surface area contributed by atoms with E-state index in [0.29, 0.717) is 17.4 Å². The molecule has 0 bridgehead atoms. The summed E-state index contributed by atoms with van der Waals surface area (Å²) in [7, 11) is 0. The fourth-order valence-electron chi connectivity index (χ4n) is 16.6. The normalized spacial score (nSPS) is 47.3. The molecule has 288 valence electrons. The van der Waals surface area contributed by atoms with Gasteiger partial charge in [0.15, 0.2) is 0 Å². The third kappa shape index (κ3) is 6.22. The van der Waals surface area contributed by atoms with Crippen LogP contribution >= 0.6 is 0 Å². The van der Waals surface area contributed by atoms with E-state index < -0.39 is 0 Å². The first kappa shape index (κ1) is 34.8. The zero-order valence-electron chi connectivity index (χ0n) is 33.5. The van der Waals surface area contributed by atoms with Crippen molar-refractivity contribution < 1.29 is 0 Å². The standard InChI is InChI=1S/C51H74N2/c1-4-14-34(15-5-1)38-28-39(52-48(30-38)35-16-6-2-7-17-35)32-51-33-47(51)42-26-24-36(29-45(42)41-20-10-12-22-46(41)51)37-25-27-44-43-21-11-13-23-49(43)53(50(44)31-37)40-18-8-3-9-19-40/h12,14,22,25,27,29,35,37-38,40-50H,1-11,13,15-21,23-24,26,28,30-33H2. The fourth-order valence-corrected chi connectivity index (χ4v) is 16.6. The average molecular weight is 715 g/mol. The van der Waals surface area contributed by atoms with Gasteiger partial charge in [0.25, 0.3) is 0 Å². The second-order valence-corrected chi connectivity index (χ2v) is 21.4. The number of fused-ring (bicyclic) bond motifs is 9. The first-order valence-electron chi connectivity index (χ1n) is 24.3. The monoisotopic (exact) mass is 715 g/mol. The van der Waals surface area contributed by atoms with Gasteiger partial charge in [-0.25, -0.2) is 0 Å². The zero-order valence-corrected chi connectivity index (χ0v) is 33.5. The molecular weight excluding hydrogens is 641 g/mol. The molecule has 11 rings (SSSR count). The molecule has 0 radical (unpaired) electrons. The summed E-state index contributed by atoms with van der Waals surface area (Å²) in [5.41, 5.74) is 5.96. The lowest BCUT2D eigenvalue weighted by Gasteiger charge is -2.50. The van der Waals surface area contributed by atoms with Crippen LogP contribution < -0.4 is 0 Å². The minimum atomic E-state index is 0.533. The molecule has 2 heteroatoms. The van der Waals surface area contributed by atoms with Crippen molar-refractivity contribution in [3.8, 4) is 0 Å². The number of rotatable bonds is 6. The SMILES string of the molecule is C1=CC2C(CC1)C1C=C(C3C=CC4C5CCCCC5N(C5CCCCC5)C4C3)CCC1C1CC21CC1=NC(C2CCCCC2)CC(C2=CCCCC2)C1. The first-order chi connectivity index (χ1) is 26.2. The molecule has 0 spiro atoms. The van der Waals surface area contributed by atoms with E-state index in [-0.39, 0.29) is 0 Å². The molecule has 13 unspecified atom stereocenters. The van der Waals surface area contributed by atoms with Crippen molar-refractivity contribution in [3.63, 3.8) is 0 Å². The summed E-state index contributed by atoms with van der Waals surface area (Å²) in [5.74, 6) is 8.59. The third-order valence-electron chi connectivity index (χ3n) is 18.9. The molecule has 0 aromatic heterocycles. The Morgan fingerprint density at radius 3 is 2.38 bits per heavy atom. The lowest BCUT2D eigenvalue weighted by Crippen LogP contribution is -2.48. The van der Waals surface area contributed by atoms with Gasteiger partial charge in [-0.1, -0.05) is 99.0 Å². The van der Waals surface area contributed by atoms with Crippen molar-refractivity contribution in [1.29, 1.82) is 0 Å². The average Bonchev–Trinajstić information content (AvgIpc) is 3.88. The molecule has 13 atom stereocenters. The van der Waals surface area contributed by atoms with Crippen LogP contribution in [0.3, 0.4) is 0 Å². The minimum Gasteiger partial charge on any atom is -0.294 e. The molecule has 1 saturated heterocycles. The van der Waals surface area contributed by atoms with E-state index >= 15 is 0 Å². The highest BCUT2D eigenvalue weighted by Crippen LogP contribution is 2.74. The fraction of sp³-hybridized carbons (Fsp3) is 0.824. The van der Waals surface area contributed by atoms with Gasteiger partial charge in [0.05, 0.1) is 6.04 Å². The maximum absolute atomic E-state index is 5.87. The van der Waals surface area contributed by atoms with Gasteiger partial charge in [0.2, 0.25) is 0 Å². The van der Waals surface area contributed by atoms with Crippen LogP contribution in [-0.2, 0) is 0 Å². The predicted molar refractivity (Wildman–Crippen MR) is 221 cm³/mol. The number of likely N-dealkylation sites (tertiary alicyclic amines) is 1. The second kappa shape index (κ2) is 14.5. The van der Waals surface area contributed by atoms with E-state index in [1.807, 2.05) is 11.1 Å². The molecule has 0 aromatic rings. The molecule has 0 amide bonds. The molecular formula is C51H74N2. The highest BCUT2D eigenvalue weighted by molar-refractivity contribution is 5.87. The summed E-state index contributed by atoms with van der Waals surface area (Å²) in [5, 5.41) is 0. The van der Waals surface area contributed by atoms with Crippen LogP contribution in [0.5, 0.6) is 0 Å². The molecule has 2 aliphatic heterocycles. The molecule has 5 saturated carbocycles. The Balaban J connectivity index is 0.845. The van der Waals surface area contributed by atoms with Crippen LogP contribution in [0.4, 0.5) is 0 Å². The summed E-state index contributed by atoms with van der Waals surface area (Å²) in [6.45, 7) is 0. The highest BCUT2D eigenvalue weighted by atomic mass is 15.3. The van der Waals surface area contributed by atoms with Gasteiger partial charge in [-0.05, 0) is 187 Å². The zero-order chi connectivity index (χ0) is 34.9. The van der Waals surface area contributed by atoms with Crippen molar-refractivity contribution in [1.82, 2.24) is 4.90 Å². The largest absolute Gasteiger partial charge is 0.294 e. The molecule has 9 aliphatic carbocycles. The second-order valence-electron chi connectivity index (χ2n) is 21.4. The number of aliphatic imine (C=N–C) groups is 1. The van der Waals surface area contributed by atoms with E-state index in [4.69, 9.17) is 4.99 Å². The van der Waals surface area contributed by atoms with Gasteiger partial charge in [-0.2, -0.15) is 0 Å². The van der Waals surface area contributed by atoms with E-state index in [1.54, 1.807) is 5.71 Å². The maximum Gasteiger partial charge on any atom is 0.0533 e. The number of allylic oxidation sites excluding steroid dienone is 7. The van der Waals surface area contributed by atoms with Gasteiger partial charge in [-0.3, -0.25) is 9.89 Å². The quantitative estimate of drug-likeness (QED) is 0.250. The van der Waals surface area contributed by atoms with E-state index in [0.717, 1.165) is 71.4 Å². The molecule has 53 heavy (non-hydrogen) atoms. The summed E-state index contributed by atoms with van der Waals surface area (Å²) >= 11 is 0. The third-order valence-corrected chi connectivity index (χ3v) is 18.9. The van der Waals surface area contributed by atoms with E-state index in [9.17, 15) is 0 Å². The van der Waals surface area contributed by atoms with Crippen LogP contribution in [-0.4, -0.2) is 34.8 Å². The maximum atomic E-state index is 5.87. The van der Waals surface area contributed by atoms with Crippen LogP contribution in [0.25, 0.3) is 0 Å². The van der Waals surface area contributed by atoms with Crippen LogP contribution in [0, 0.1) is 64.6 Å². The molecule has 2 heterocycles. The van der Waals surface area contributed by atoms with Crippen LogP contribution in [0.2, 0.25) is 0 Å². The lowest BCUT2D eigenvalue weighted by atomic mass is 9.55. The Morgan fingerprint density at radius 2 is 1.51 bits per heavy atom. The van der Waals surface area contributed by atoms with Crippen molar-refractivity contribution in [2.45, 2.75) is 198 Å². The highest BCUT2D eigenvalue weighted by Gasteiger charge is 2.68. The van der Waals surface area contributed by atoms with Gasteiger partial charge in [0, 0.05) is 23.8 Å². The Labute approximate surface area is 324 Å². The Bertz CT molecular complexity index is 1500. The van der Waals surface area contributed by atoms with Gasteiger partial charge in [-0.15, -0.1) is 0 Å². The number of hydrogen-bond donors (Lipinski definition) is 0. The predicted octanol–water partition coefficient (Wildman–Crippen LogP) is 13.0. The Hall–Kier alpha value is -1.41. The van der Waals surface area contributed by atoms with E-state index in [1.165, 1.54) is 173 Å². The Kier molecular flexibility index (Phi) is 9.53. The topological polar surface area (TPSA) is 15.6 Å². The molecule has 11 aliphatic rings. The summed E-state index contributed by atoms with van der Waals surface area (Å²) in [4.78, 5) is 9.09. The molecule has 2 nitrogen and oxygen atoms in total. The Morgan fingerprint density at radius 1 is 0.660 bits per heavy atom. The first-order valence-corrected chi connectivity index (χ1v) is 24.3. The molecule has 0 N–H and O–H groups in total. The van der Waals surface area contributed by atoms with Crippen LogP contribution in [0.15, 0.2) is 52.6 Å². The van der Waals surface area contributed by atoms with Gasteiger partial charge >= 0.3 is 0 Å². The smallest absolute Gasteiger partial charge is 0.0533 e. The van der Waals surface area contributed by atoms with Crippen LogP contribution in [0.1, 0.15) is 173 Å². The lowest BCUT2D eigenvalue weighted by molar-refractivity contribution is 0.0582. The van der Waals surface area contributed by atoms with Gasteiger partial charge < -0.3 is 0 Å². The summed E-state index contributed by atoms with van der Waals surface area (Å²) in [6, 6.07) is 3.23. The minimum absolute atomic E-state index is 0.533. The number of nitrogens with zero attached hydrogens (tertiary/aromatic N) is 2. The number of hydrogen-bond acceptors (Lipinski definition) is 2. The molecule has 0 aromatic carbocycles. The van der Waals surface area contributed by atoms with Crippen molar-refractivity contribution in [2.24, 2.45) is 69.6 Å². The van der Waals surface area contributed by atoms with E-state index in [2.05, 4.69) is 41.4 Å². The van der Waals surface area contributed by atoms with Crippen molar-refractivity contribution in [2.75, 3.05) is 0 Å². The van der Waals surface area contributed by atoms with Crippen molar-refractivity contribution >= 4 is 5.71 Å². The summed E-state index contributed by atoms with van der Waals surface area (Å²) in [6.07, 6.45) is 55.6.